The van der Waals surface area contributed by atoms with E-state index in [-0.39, 0.29) is 21.4 Å². The first kappa shape index (κ1) is 35.7. The molecular weight excluding hydrogens is 689 g/mol. The average molecular weight is 720 g/mol. The zero-order valence-electron chi connectivity index (χ0n) is 26.3. The summed E-state index contributed by atoms with van der Waals surface area (Å²) >= 11 is 0. The third kappa shape index (κ3) is 8.02. The van der Waals surface area contributed by atoms with E-state index in [1.807, 2.05) is 30.9 Å². The maximum Gasteiger partial charge on any atom is 0.125 e. The number of benzene rings is 4. The minimum absolute atomic E-state index is 0.189. The fourth-order valence-electron chi connectivity index (χ4n) is 5.78. The Morgan fingerprint density at radius 2 is 1.16 bits per heavy atom. The van der Waals surface area contributed by atoms with Gasteiger partial charge in [0.05, 0.1) is 20.7 Å². The molecule has 0 heterocycles. The Hall–Kier alpha value is -4.57. The van der Waals surface area contributed by atoms with Gasteiger partial charge in [0.1, 0.15) is 30.4 Å². The molecule has 4 aromatic carbocycles. The Kier molecular flexibility index (Phi) is 10.3. The molecule has 11 nitrogen and oxygen atoms in total. The van der Waals surface area contributed by atoms with Crippen LogP contribution in [0.25, 0.3) is 5.57 Å². The largest absolute Gasteiger partial charge is 0.744 e. The van der Waals surface area contributed by atoms with Gasteiger partial charge >= 0.3 is 0 Å². The lowest BCUT2D eigenvalue weighted by molar-refractivity contribution is 0.460. The van der Waals surface area contributed by atoms with Crippen molar-refractivity contribution in [1.29, 1.82) is 0 Å². The molecule has 14 heteroatoms. The van der Waals surface area contributed by atoms with Crippen molar-refractivity contribution in [2.24, 2.45) is 0 Å². The number of anilines is 3. The number of allylic oxidation sites excluding steroid dienone is 3. The van der Waals surface area contributed by atoms with Crippen molar-refractivity contribution in [1.82, 2.24) is 0 Å². The summed E-state index contributed by atoms with van der Waals surface area (Å²) in [6.45, 7) is 4.63. The van der Waals surface area contributed by atoms with Crippen molar-refractivity contribution in [2.75, 3.05) is 22.9 Å². The third-order valence-electron chi connectivity index (χ3n) is 8.00. The Bertz CT molecular complexity index is 2280. The van der Waals surface area contributed by atoms with Crippen LogP contribution in [0, 0.1) is 0 Å². The molecule has 0 aliphatic heterocycles. The zero-order chi connectivity index (χ0) is 35.6. The second-order valence-corrected chi connectivity index (χ2v) is 15.1. The number of rotatable bonds is 11. The first-order chi connectivity index (χ1) is 23.1. The molecule has 4 aromatic rings. The monoisotopic (exact) mass is 719 g/mol. The fraction of sp³-hybridized carbons (Fsp3) is 0.143. The molecule has 0 spiro atoms. The summed E-state index contributed by atoms with van der Waals surface area (Å²) in [5, 5.41) is 0. The molecule has 0 saturated heterocycles. The SMILES string of the molecule is CCN(c1ccc(C(=C2C=CC(N(CC)c3cccc(S(=O)(=O)[O-])c3)C=C2)c2ccccc2S(=O)(=O)[O-])cc1)c1cccc(S(=O)(=O)[O-])c1. The fourth-order valence-corrected chi connectivity index (χ4v) is 7.49. The van der Waals surface area contributed by atoms with Gasteiger partial charge in [-0.05, 0) is 85.2 Å². The van der Waals surface area contributed by atoms with Gasteiger partial charge < -0.3 is 23.5 Å². The van der Waals surface area contributed by atoms with E-state index in [0.717, 1.165) is 0 Å². The highest BCUT2D eigenvalue weighted by Crippen LogP contribution is 2.36. The molecular formula is C35H31N2O9S3-3. The van der Waals surface area contributed by atoms with Gasteiger partial charge in [0, 0.05) is 35.7 Å². The van der Waals surface area contributed by atoms with Gasteiger partial charge in [0.2, 0.25) is 0 Å². The summed E-state index contributed by atoms with van der Waals surface area (Å²) in [4.78, 5) is 2.58. The van der Waals surface area contributed by atoms with Crippen LogP contribution in [0.2, 0.25) is 0 Å². The smallest absolute Gasteiger partial charge is 0.125 e. The van der Waals surface area contributed by atoms with Gasteiger partial charge in [-0.3, -0.25) is 0 Å². The predicted octanol–water partition coefficient (Wildman–Crippen LogP) is 5.38. The van der Waals surface area contributed by atoms with E-state index >= 15 is 0 Å². The quantitative estimate of drug-likeness (QED) is 0.182. The Morgan fingerprint density at radius 3 is 1.69 bits per heavy atom. The molecule has 1 aliphatic rings. The second-order valence-electron chi connectivity index (χ2n) is 11.0. The summed E-state index contributed by atoms with van der Waals surface area (Å²) in [5.41, 5.74) is 3.48. The zero-order valence-corrected chi connectivity index (χ0v) is 28.8. The Labute approximate surface area is 286 Å². The summed E-state index contributed by atoms with van der Waals surface area (Å²) in [5.74, 6) is 0. The summed E-state index contributed by atoms with van der Waals surface area (Å²) < 4.78 is 107. The van der Waals surface area contributed by atoms with Crippen LogP contribution >= 0.6 is 0 Å². The van der Waals surface area contributed by atoms with Crippen molar-refractivity contribution >= 4 is 53.0 Å². The number of likely N-dealkylation sites (N-methyl/N-ethyl adjacent to an activating group) is 1. The molecule has 0 N–H and O–H groups in total. The van der Waals surface area contributed by atoms with Crippen LogP contribution in [0.4, 0.5) is 17.1 Å². The second kappa shape index (κ2) is 14.1. The van der Waals surface area contributed by atoms with Crippen LogP contribution in [-0.4, -0.2) is 58.0 Å². The van der Waals surface area contributed by atoms with Crippen LogP contribution in [0.3, 0.4) is 0 Å². The van der Waals surface area contributed by atoms with Gasteiger partial charge in [0.15, 0.2) is 0 Å². The molecule has 0 saturated carbocycles. The van der Waals surface area contributed by atoms with Crippen LogP contribution in [0.5, 0.6) is 0 Å². The van der Waals surface area contributed by atoms with Crippen molar-refractivity contribution in [3.63, 3.8) is 0 Å². The lowest BCUT2D eigenvalue weighted by atomic mass is 9.90. The van der Waals surface area contributed by atoms with Gasteiger partial charge in [-0.15, -0.1) is 0 Å². The van der Waals surface area contributed by atoms with Crippen molar-refractivity contribution in [2.45, 2.75) is 34.6 Å². The normalized spacial score (nSPS) is 14.9. The van der Waals surface area contributed by atoms with Crippen molar-refractivity contribution < 1.29 is 38.9 Å². The van der Waals surface area contributed by atoms with Crippen LogP contribution in [0.15, 0.2) is 142 Å². The molecule has 0 fully saturated rings. The number of nitrogens with zero attached hydrogens (tertiary/aromatic N) is 2. The van der Waals surface area contributed by atoms with E-state index in [4.69, 9.17) is 0 Å². The third-order valence-corrected chi connectivity index (χ3v) is 10.6. The Balaban J connectivity index is 1.58. The van der Waals surface area contributed by atoms with E-state index in [9.17, 15) is 38.9 Å². The molecule has 5 rings (SSSR count). The van der Waals surface area contributed by atoms with E-state index in [1.165, 1.54) is 48.5 Å². The highest BCUT2D eigenvalue weighted by Gasteiger charge is 2.21. The molecule has 0 amide bonds. The van der Waals surface area contributed by atoms with Crippen LogP contribution < -0.4 is 9.80 Å². The molecule has 0 atom stereocenters. The highest BCUT2D eigenvalue weighted by atomic mass is 32.2. The maximum atomic E-state index is 12.4. The lowest BCUT2D eigenvalue weighted by Crippen LogP contribution is -2.33. The molecule has 0 radical (unpaired) electrons. The lowest BCUT2D eigenvalue weighted by Gasteiger charge is -2.31. The average Bonchev–Trinajstić information content (AvgIpc) is 3.06. The summed E-state index contributed by atoms with van der Waals surface area (Å²) in [7, 11) is -14.2. The molecule has 256 valence electrons. The van der Waals surface area contributed by atoms with Crippen LogP contribution in [-0.2, 0) is 30.4 Å². The first-order valence-corrected chi connectivity index (χ1v) is 19.3. The van der Waals surface area contributed by atoms with Crippen molar-refractivity contribution in [3.05, 3.63) is 138 Å². The minimum atomic E-state index is -4.88. The first-order valence-electron chi connectivity index (χ1n) is 15.0. The summed E-state index contributed by atoms with van der Waals surface area (Å²) in [6, 6.07) is 24.0. The molecule has 0 aromatic heterocycles. The Morgan fingerprint density at radius 1 is 0.612 bits per heavy atom. The van der Waals surface area contributed by atoms with E-state index in [2.05, 4.69) is 0 Å². The number of hydrogen-bond donors (Lipinski definition) is 0. The van der Waals surface area contributed by atoms with E-state index in [1.54, 1.807) is 65.6 Å². The van der Waals surface area contributed by atoms with E-state index in [0.29, 0.717) is 46.9 Å². The van der Waals surface area contributed by atoms with Crippen LogP contribution in [0.1, 0.15) is 25.0 Å². The molecule has 0 bridgehead atoms. The predicted molar refractivity (Wildman–Crippen MR) is 183 cm³/mol. The van der Waals surface area contributed by atoms with E-state index < -0.39 is 35.2 Å². The number of hydrogen-bond acceptors (Lipinski definition) is 11. The standard InChI is InChI=1S/C35H34N2O9S3/c1-3-36(29-9-7-11-31(23-29)47(38,39)40)27-19-15-25(16-20-27)35(33-13-5-6-14-34(33)49(44,45)46)26-17-21-28(22-18-26)37(4-2)30-10-8-12-32(24-30)48(41,42)43/h5-24,27H,3-4H2,1-2H3,(H,38,39,40)(H,41,42,43)(H,44,45,46)/p-3. The van der Waals surface area contributed by atoms with Gasteiger partial charge in [-0.1, -0.05) is 66.8 Å². The van der Waals surface area contributed by atoms with Gasteiger partial charge in [-0.2, -0.15) is 0 Å². The van der Waals surface area contributed by atoms with Crippen molar-refractivity contribution in [3.8, 4) is 0 Å². The highest BCUT2D eigenvalue weighted by molar-refractivity contribution is 7.86. The molecule has 0 unspecified atom stereocenters. The maximum absolute atomic E-state index is 12.4. The minimum Gasteiger partial charge on any atom is -0.744 e. The molecule has 49 heavy (non-hydrogen) atoms. The summed E-state index contributed by atoms with van der Waals surface area (Å²) in [6.07, 6.45) is 7.25. The topological polar surface area (TPSA) is 178 Å². The van der Waals surface area contributed by atoms with Gasteiger partial charge in [-0.25, -0.2) is 25.3 Å². The molecule has 1 aliphatic carbocycles. The van der Waals surface area contributed by atoms with Gasteiger partial charge in [0.25, 0.3) is 0 Å².